The second kappa shape index (κ2) is 36.7. The van der Waals surface area contributed by atoms with Crippen LogP contribution in [0.15, 0.2) is 142 Å². The van der Waals surface area contributed by atoms with Gasteiger partial charge in [-0.05, 0) is 198 Å². The summed E-state index contributed by atoms with van der Waals surface area (Å²) in [6, 6.07) is 35.3. The van der Waals surface area contributed by atoms with E-state index >= 15 is 0 Å². The number of aromatic nitrogens is 8. The first-order chi connectivity index (χ1) is 51.8. The Kier molecular flexibility index (Phi) is 25.9. The van der Waals surface area contributed by atoms with Crippen molar-refractivity contribution in [1.29, 1.82) is 0 Å². The number of esters is 2. The van der Waals surface area contributed by atoms with Crippen LogP contribution in [0, 0.1) is 0 Å². The summed E-state index contributed by atoms with van der Waals surface area (Å²) in [5, 5.41) is 25.9. The van der Waals surface area contributed by atoms with Gasteiger partial charge in [0, 0.05) is 185 Å². The van der Waals surface area contributed by atoms with Crippen LogP contribution >= 0.6 is 22.7 Å². The van der Waals surface area contributed by atoms with Crippen molar-refractivity contribution in [3.63, 3.8) is 0 Å². The van der Waals surface area contributed by atoms with E-state index in [-0.39, 0.29) is 61.3 Å². The molecule has 0 radical (unpaired) electrons. The van der Waals surface area contributed by atoms with E-state index in [1.54, 1.807) is 44.2 Å². The largest absolute Gasteiger partial charge is 0.494 e. The second-order valence-electron chi connectivity index (χ2n) is 28.3. The van der Waals surface area contributed by atoms with Gasteiger partial charge in [-0.3, -0.25) is 57.1 Å². The predicted molar refractivity (Wildman–Crippen MR) is 415 cm³/mol. The molecule has 2 amide bonds. The standard InChI is InChI=1S/C80H98N14O10S2/c1-59-53-92(76(96)22-4-6-38-90-56-64(82-84-90)16-12-24-80(100)104-58-94-72-52-66(30-26-62(72)28-32-78(94)98)102-48-10-8-36-86-41-45-88(46-42-86)70-18-14-20-74-68(70)34-50-106-74)60(2)54-91(59)75(95)21-3-5-37-89-55-63(81-83-89)15-11-23-79(99)103-57-93-71-51-65(29-25-61(71)27-31-77(93)97)101-47-9-7-35-85-39-43-87(44-40-85)69-17-13-19-73-67(69)33-49-105-73/h13-14,17-20,25-34,49-52,55-56,59-60H,3-12,15-16,21-24,35-48,53-54,57-58H2,1-2H3/t59-,60+. The molecule has 3 aliphatic heterocycles. The summed E-state index contributed by atoms with van der Waals surface area (Å²) in [6.07, 6.45) is 13.6. The maximum absolute atomic E-state index is 13.5. The molecule has 10 aromatic rings. The highest BCUT2D eigenvalue weighted by Gasteiger charge is 2.34. The topological polar surface area (TPSA) is 230 Å². The Balaban J connectivity index is 0.448. The Morgan fingerprint density at radius 2 is 0.887 bits per heavy atom. The molecule has 0 saturated carbocycles. The number of aryl methyl sites for hydroxylation is 4. The van der Waals surface area contributed by atoms with Crippen LogP contribution in [-0.2, 0) is 68.0 Å². The number of nitrogens with zero attached hydrogens (tertiary/aromatic N) is 14. The van der Waals surface area contributed by atoms with E-state index in [0.717, 1.165) is 126 Å². The third-order valence-electron chi connectivity index (χ3n) is 20.8. The number of hydrogen-bond acceptors (Lipinski definition) is 20. The van der Waals surface area contributed by atoms with Crippen LogP contribution in [0.1, 0.15) is 115 Å². The summed E-state index contributed by atoms with van der Waals surface area (Å²) in [6.45, 7) is 17.1. The van der Waals surface area contributed by atoms with Gasteiger partial charge in [0.2, 0.25) is 11.8 Å². The zero-order valence-corrected chi connectivity index (χ0v) is 62.7. The first-order valence-electron chi connectivity index (χ1n) is 37.9. The molecule has 4 aromatic carbocycles. The molecular weight excluding hydrogens is 1380 g/mol. The van der Waals surface area contributed by atoms with E-state index in [1.807, 2.05) is 72.4 Å². The van der Waals surface area contributed by atoms with Gasteiger partial charge in [0.1, 0.15) is 11.5 Å². The van der Waals surface area contributed by atoms with E-state index in [2.05, 4.69) is 99.5 Å². The maximum Gasteiger partial charge on any atom is 0.307 e. The summed E-state index contributed by atoms with van der Waals surface area (Å²) in [5.41, 5.74) is 4.92. The lowest BCUT2D eigenvalue weighted by Crippen LogP contribution is -2.59. The molecule has 26 heteroatoms. The Bertz CT molecular complexity index is 4430. The molecule has 9 heterocycles. The van der Waals surface area contributed by atoms with Crippen LogP contribution in [0.5, 0.6) is 11.5 Å². The number of anilines is 2. The SMILES string of the molecule is C[C@@H]1CN(C(=O)CCCCn2cc(CCCC(=O)OCn3c(=O)ccc4ccc(OCCCCN5CCN(c6cccc7sccc67)CC5)cc43)nn2)[C@@H](C)CN1C(=O)CCCCn1cc(CCCC(=O)OCn2c(=O)ccc3ccc(OCCCCN4CCN(c5cccc6sccc56)CC4)cc32)nn1. The van der Waals surface area contributed by atoms with Crippen molar-refractivity contribution in [3.8, 4) is 11.5 Å². The fraction of sp³-hybridized carbons (Fsp3) is 0.475. The lowest BCUT2D eigenvalue weighted by Gasteiger charge is -2.44. The maximum atomic E-state index is 13.5. The van der Waals surface area contributed by atoms with Crippen molar-refractivity contribution < 1.29 is 38.1 Å². The van der Waals surface area contributed by atoms with E-state index < -0.39 is 11.9 Å². The quantitative estimate of drug-likeness (QED) is 0.0262. The lowest BCUT2D eigenvalue weighted by atomic mass is 10.1. The summed E-state index contributed by atoms with van der Waals surface area (Å²) in [5.74, 6) is 0.653. The summed E-state index contributed by atoms with van der Waals surface area (Å²) < 4.78 is 32.7. The van der Waals surface area contributed by atoms with Crippen molar-refractivity contribution in [2.45, 2.75) is 155 Å². The van der Waals surface area contributed by atoms with E-state index in [4.69, 9.17) is 18.9 Å². The minimum Gasteiger partial charge on any atom is -0.494 e. The number of ether oxygens (including phenoxy) is 4. The number of unbranched alkanes of at least 4 members (excludes halogenated alkanes) is 4. The van der Waals surface area contributed by atoms with Gasteiger partial charge in [-0.25, -0.2) is 0 Å². The molecule has 6 aromatic heterocycles. The molecule has 3 aliphatic rings. The van der Waals surface area contributed by atoms with E-state index in [1.165, 1.54) is 52.8 Å². The molecule has 106 heavy (non-hydrogen) atoms. The van der Waals surface area contributed by atoms with Crippen molar-refractivity contribution in [2.75, 3.05) is 102 Å². The number of carbonyl (C=O) groups is 4. The van der Waals surface area contributed by atoms with Crippen molar-refractivity contribution in [3.05, 3.63) is 164 Å². The van der Waals surface area contributed by atoms with Crippen molar-refractivity contribution in [2.24, 2.45) is 0 Å². The average Bonchev–Trinajstić information content (AvgIpc) is 1.09. The molecule has 560 valence electrons. The number of amides is 2. The van der Waals surface area contributed by atoms with Crippen LogP contribution < -0.4 is 30.4 Å². The molecule has 2 atom stereocenters. The first kappa shape index (κ1) is 74.8. The lowest BCUT2D eigenvalue weighted by molar-refractivity contribution is -0.148. The van der Waals surface area contributed by atoms with Gasteiger partial charge in [-0.2, -0.15) is 0 Å². The van der Waals surface area contributed by atoms with Gasteiger partial charge < -0.3 is 38.5 Å². The number of hydrogen-bond donors (Lipinski definition) is 0. The molecule has 24 nitrogen and oxygen atoms in total. The van der Waals surface area contributed by atoms with Gasteiger partial charge >= 0.3 is 11.9 Å². The Hall–Kier alpha value is -9.50. The number of pyridine rings is 2. The fourth-order valence-corrected chi connectivity index (χ4v) is 16.4. The molecule has 0 aliphatic carbocycles. The second-order valence-corrected chi connectivity index (χ2v) is 30.2. The number of benzene rings is 4. The highest BCUT2D eigenvalue weighted by molar-refractivity contribution is 7.17. The van der Waals surface area contributed by atoms with Crippen LogP contribution in [0.2, 0.25) is 0 Å². The van der Waals surface area contributed by atoms with Gasteiger partial charge in [0.15, 0.2) is 13.5 Å². The summed E-state index contributed by atoms with van der Waals surface area (Å²) >= 11 is 3.58. The Labute approximate surface area is 625 Å². The molecule has 3 saturated heterocycles. The Morgan fingerprint density at radius 3 is 1.33 bits per heavy atom. The molecule has 0 spiro atoms. The normalized spacial score (nSPS) is 16.1. The average molecular weight is 1480 g/mol. The third kappa shape index (κ3) is 19.8. The van der Waals surface area contributed by atoms with Crippen LogP contribution in [-0.4, -0.2) is 186 Å². The van der Waals surface area contributed by atoms with E-state index in [9.17, 15) is 28.8 Å². The predicted octanol–water partition coefficient (Wildman–Crippen LogP) is 11.4. The molecular formula is C80H98N14O10S2. The van der Waals surface area contributed by atoms with Crippen LogP contribution in [0.25, 0.3) is 42.0 Å². The zero-order valence-electron chi connectivity index (χ0n) is 61.1. The summed E-state index contributed by atoms with van der Waals surface area (Å²) in [4.78, 5) is 92.9. The molecule has 13 rings (SSSR count). The van der Waals surface area contributed by atoms with Gasteiger partial charge in [-0.15, -0.1) is 32.9 Å². The highest BCUT2D eigenvalue weighted by atomic mass is 32.1. The number of thiophene rings is 2. The van der Waals surface area contributed by atoms with Crippen LogP contribution in [0.3, 0.4) is 0 Å². The smallest absolute Gasteiger partial charge is 0.307 e. The molecule has 0 N–H and O–H groups in total. The first-order valence-corrected chi connectivity index (χ1v) is 39.7. The van der Waals surface area contributed by atoms with Gasteiger partial charge in [0.05, 0.1) is 35.6 Å². The number of fused-ring (bicyclic) bond motifs is 4. The highest BCUT2D eigenvalue weighted by Crippen LogP contribution is 2.33. The number of rotatable bonds is 36. The van der Waals surface area contributed by atoms with Crippen molar-refractivity contribution >= 4 is 99.8 Å². The minimum absolute atomic E-state index is 0.0756. The summed E-state index contributed by atoms with van der Waals surface area (Å²) in [7, 11) is 0. The minimum atomic E-state index is -0.412. The number of piperazine rings is 3. The molecule has 0 bridgehead atoms. The number of carbonyl (C=O) groups excluding carboxylic acids is 4. The fourth-order valence-electron chi connectivity index (χ4n) is 14.7. The third-order valence-corrected chi connectivity index (χ3v) is 22.5. The monoisotopic (exact) mass is 1480 g/mol. The molecule has 0 unspecified atom stereocenters. The Morgan fingerprint density at radius 1 is 0.462 bits per heavy atom. The van der Waals surface area contributed by atoms with E-state index in [0.29, 0.717) is 113 Å². The van der Waals surface area contributed by atoms with Crippen molar-refractivity contribution in [1.82, 2.24) is 58.7 Å². The van der Waals surface area contributed by atoms with Gasteiger partial charge in [0.25, 0.3) is 11.1 Å². The van der Waals surface area contributed by atoms with Gasteiger partial charge in [-0.1, -0.05) is 22.6 Å². The molecule has 3 fully saturated rings. The van der Waals surface area contributed by atoms with Crippen LogP contribution in [0.4, 0.5) is 11.4 Å². The zero-order chi connectivity index (χ0) is 73.1.